The van der Waals surface area contributed by atoms with Gasteiger partial charge in [-0.3, -0.25) is 9.69 Å². The molecular weight excluding hydrogens is 304 g/mol. The predicted octanol–water partition coefficient (Wildman–Crippen LogP) is 2.49. The molecule has 0 spiro atoms. The molecular formula is C18H24N4O2. The second-order valence-electron chi connectivity index (χ2n) is 7.21. The maximum absolute atomic E-state index is 11.9. The first-order chi connectivity index (χ1) is 11.8. The smallest absolute Gasteiger partial charge is 0.220 e. The third kappa shape index (κ3) is 3.93. The fourth-order valence-electron chi connectivity index (χ4n) is 3.58. The topological polar surface area (TPSA) is 71.3 Å². The Morgan fingerprint density at radius 2 is 2.12 bits per heavy atom. The minimum absolute atomic E-state index is 0.235. The summed E-state index contributed by atoms with van der Waals surface area (Å²) < 4.78 is 4.76. The summed E-state index contributed by atoms with van der Waals surface area (Å²) in [6.07, 6.45) is 6.44. The van der Waals surface area contributed by atoms with E-state index in [1.807, 2.05) is 6.07 Å². The van der Waals surface area contributed by atoms with Crippen molar-refractivity contribution in [3.05, 3.63) is 23.8 Å². The number of hydrogen-bond donors (Lipinski definition) is 1. The predicted molar refractivity (Wildman–Crippen MR) is 90.2 cm³/mol. The summed E-state index contributed by atoms with van der Waals surface area (Å²) >= 11 is 0. The van der Waals surface area contributed by atoms with Crippen LogP contribution < -0.4 is 5.32 Å². The summed E-state index contributed by atoms with van der Waals surface area (Å²) in [6, 6.07) is 6.59. The van der Waals surface area contributed by atoms with Crippen LogP contribution in [0.3, 0.4) is 0 Å². The van der Waals surface area contributed by atoms with E-state index in [9.17, 15) is 4.79 Å². The number of carbonyl (C=O) groups excluding carboxylic acids is 1. The van der Waals surface area contributed by atoms with Gasteiger partial charge in [0.05, 0.1) is 0 Å². The maximum Gasteiger partial charge on any atom is 0.220 e. The van der Waals surface area contributed by atoms with E-state index in [1.165, 1.54) is 18.4 Å². The molecule has 4 rings (SSSR count). The Kier molecular flexibility index (Phi) is 4.47. The Bertz CT molecular complexity index is 710. The minimum Gasteiger partial charge on any atom is -0.353 e. The van der Waals surface area contributed by atoms with Gasteiger partial charge >= 0.3 is 0 Å². The molecule has 1 aliphatic heterocycles. The van der Waals surface area contributed by atoms with E-state index in [4.69, 9.17) is 4.63 Å². The van der Waals surface area contributed by atoms with Gasteiger partial charge in [0, 0.05) is 25.6 Å². The quantitative estimate of drug-likeness (QED) is 0.882. The molecule has 128 valence electrons. The molecule has 1 atom stereocenters. The standard InChI is InChI=1S/C18H24N4O2/c23-18(19-15-5-6-15)8-4-13-2-1-9-22(11-13)12-14-3-7-16-17(10-14)21-24-20-16/h3,7,10,13,15H,1-2,4-6,8-9,11-12H2,(H,19,23). The summed E-state index contributed by atoms with van der Waals surface area (Å²) in [5, 5.41) is 10.8. The van der Waals surface area contributed by atoms with Crippen LogP contribution in [0.5, 0.6) is 0 Å². The SMILES string of the molecule is O=C(CCC1CCCN(Cc2ccc3nonc3c2)C1)NC1CC1. The molecule has 1 saturated heterocycles. The summed E-state index contributed by atoms with van der Waals surface area (Å²) in [7, 11) is 0. The number of benzene rings is 1. The van der Waals surface area contributed by atoms with Crippen molar-refractivity contribution in [1.29, 1.82) is 0 Å². The lowest BCUT2D eigenvalue weighted by molar-refractivity contribution is -0.121. The fraction of sp³-hybridized carbons (Fsp3) is 0.611. The zero-order valence-corrected chi connectivity index (χ0v) is 13.9. The second kappa shape index (κ2) is 6.89. The van der Waals surface area contributed by atoms with Crippen LogP contribution in [0, 0.1) is 5.92 Å². The first-order valence-corrected chi connectivity index (χ1v) is 8.99. The molecule has 1 aromatic heterocycles. The van der Waals surface area contributed by atoms with Crippen LogP contribution in [0.2, 0.25) is 0 Å². The number of hydrogen-bond acceptors (Lipinski definition) is 5. The second-order valence-corrected chi connectivity index (χ2v) is 7.21. The molecule has 1 unspecified atom stereocenters. The number of aromatic nitrogens is 2. The number of nitrogens with zero attached hydrogens (tertiary/aromatic N) is 3. The molecule has 0 bridgehead atoms. The van der Waals surface area contributed by atoms with Crippen LogP contribution >= 0.6 is 0 Å². The third-order valence-electron chi connectivity index (χ3n) is 5.05. The van der Waals surface area contributed by atoms with Gasteiger partial charge in [0.2, 0.25) is 5.91 Å². The number of likely N-dealkylation sites (tertiary alicyclic amines) is 1. The van der Waals surface area contributed by atoms with Crippen LogP contribution in [-0.4, -0.2) is 40.3 Å². The van der Waals surface area contributed by atoms with E-state index in [2.05, 4.69) is 32.7 Å². The molecule has 2 fully saturated rings. The van der Waals surface area contributed by atoms with E-state index in [1.54, 1.807) is 0 Å². The molecule has 1 saturated carbocycles. The summed E-state index contributed by atoms with van der Waals surface area (Å²) in [5.41, 5.74) is 2.86. The van der Waals surface area contributed by atoms with Crippen LogP contribution in [-0.2, 0) is 11.3 Å². The first kappa shape index (κ1) is 15.6. The van der Waals surface area contributed by atoms with Crippen molar-refractivity contribution in [2.24, 2.45) is 5.92 Å². The number of amides is 1. The van der Waals surface area contributed by atoms with Gasteiger partial charge in [-0.05, 0) is 72.6 Å². The van der Waals surface area contributed by atoms with Gasteiger partial charge < -0.3 is 5.32 Å². The monoisotopic (exact) mass is 328 g/mol. The highest BCUT2D eigenvalue weighted by Crippen LogP contribution is 2.24. The lowest BCUT2D eigenvalue weighted by Gasteiger charge is -2.32. The van der Waals surface area contributed by atoms with Crippen molar-refractivity contribution in [3.8, 4) is 0 Å². The number of carbonyl (C=O) groups is 1. The zero-order valence-electron chi connectivity index (χ0n) is 13.9. The van der Waals surface area contributed by atoms with Crippen molar-refractivity contribution in [3.63, 3.8) is 0 Å². The van der Waals surface area contributed by atoms with Gasteiger partial charge in [0.15, 0.2) is 0 Å². The van der Waals surface area contributed by atoms with Gasteiger partial charge in [0.25, 0.3) is 0 Å². The molecule has 1 aromatic carbocycles. The lowest BCUT2D eigenvalue weighted by atomic mass is 9.93. The van der Waals surface area contributed by atoms with Crippen LogP contribution in [0.15, 0.2) is 22.8 Å². The van der Waals surface area contributed by atoms with Crippen molar-refractivity contribution >= 4 is 16.9 Å². The van der Waals surface area contributed by atoms with Gasteiger partial charge in [-0.2, -0.15) is 0 Å². The molecule has 24 heavy (non-hydrogen) atoms. The average molecular weight is 328 g/mol. The highest BCUT2D eigenvalue weighted by molar-refractivity contribution is 5.76. The molecule has 2 aliphatic rings. The Balaban J connectivity index is 1.28. The van der Waals surface area contributed by atoms with Crippen LogP contribution in [0.25, 0.3) is 11.0 Å². The normalized spacial score (nSPS) is 21.9. The molecule has 1 amide bonds. The van der Waals surface area contributed by atoms with E-state index in [0.29, 0.717) is 18.4 Å². The third-order valence-corrected chi connectivity index (χ3v) is 5.05. The maximum atomic E-state index is 11.9. The van der Waals surface area contributed by atoms with E-state index < -0.39 is 0 Å². The van der Waals surface area contributed by atoms with Gasteiger partial charge in [-0.1, -0.05) is 6.07 Å². The Labute approximate surface area is 141 Å². The van der Waals surface area contributed by atoms with Crippen molar-refractivity contribution in [2.45, 2.75) is 51.1 Å². The summed E-state index contributed by atoms with van der Waals surface area (Å²) in [4.78, 5) is 14.3. The van der Waals surface area contributed by atoms with Gasteiger partial charge in [-0.15, -0.1) is 0 Å². The molecule has 0 radical (unpaired) electrons. The van der Waals surface area contributed by atoms with Gasteiger partial charge in [-0.25, -0.2) is 4.63 Å². The number of rotatable bonds is 6. The van der Waals surface area contributed by atoms with Crippen molar-refractivity contribution in [1.82, 2.24) is 20.5 Å². The number of fused-ring (bicyclic) bond motifs is 1. The molecule has 6 nitrogen and oxygen atoms in total. The lowest BCUT2D eigenvalue weighted by Crippen LogP contribution is -2.35. The Morgan fingerprint density at radius 1 is 1.25 bits per heavy atom. The number of nitrogens with one attached hydrogen (secondary N) is 1. The molecule has 2 aromatic rings. The van der Waals surface area contributed by atoms with E-state index in [-0.39, 0.29) is 5.91 Å². The Morgan fingerprint density at radius 3 is 3.00 bits per heavy atom. The molecule has 2 heterocycles. The van der Waals surface area contributed by atoms with Crippen LogP contribution in [0.4, 0.5) is 0 Å². The van der Waals surface area contributed by atoms with E-state index >= 15 is 0 Å². The van der Waals surface area contributed by atoms with Crippen molar-refractivity contribution < 1.29 is 9.42 Å². The highest BCUT2D eigenvalue weighted by atomic mass is 16.6. The van der Waals surface area contributed by atoms with Crippen molar-refractivity contribution in [2.75, 3.05) is 13.1 Å². The Hall–Kier alpha value is -1.95. The highest BCUT2D eigenvalue weighted by Gasteiger charge is 2.25. The van der Waals surface area contributed by atoms with Crippen LogP contribution in [0.1, 0.15) is 44.1 Å². The summed E-state index contributed by atoms with van der Waals surface area (Å²) in [6.45, 7) is 3.12. The zero-order chi connectivity index (χ0) is 16.4. The summed E-state index contributed by atoms with van der Waals surface area (Å²) in [5.74, 6) is 0.861. The molecule has 6 heteroatoms. The largest absolute Gasteiger partial charge is 0.353 e. The number of piperidine rings is 1. The van der Waals surface area contributed by atoms with Gasteiger partial charge in [0.1, 0.15) is 11.0 Å². The molecule has 1 aliphatic carbocycles. The van der Waals surface area contributed by atoms with E-state index in [0.717, 1.165) is 49.9 Å². The first-order valence-electron chi connectivity index (χ1n) is 8.99. The fourth-order valence-corrected chi connectivity index (χ4v) is 3.58. The molecule has 1 N–H and O–H groups in total. The average Bonchev–Trinajstić information content (AvgIpc) is 3.27. The minimum atomic E-state index is 0.235.